The first-order chi connectivity index (χ1) is 9.45. The number of amides is 1. The summed E-state index contributed by atoms with van der Waals surface area (Å²) in [6.45, 7) is 3.88. The van der Waals surface area contributed by atoms with E-state index in [4.69, 9.17) is 27.9 Å². The topological polar surface area (TPSA) is 54.1 Å². The first-order valence-electron chi connectivity index (χ1n) is 6.08. The van der Waals surface area contributed by atoms with Gasteiger partial charge in [0.25, 0.3) is 5.91 Å². The van der Waals surface area contributed by atoms with Crippen LogP contribution in [0.15, 0.2) is 30.3 Å². The minimum Gasteiger partial charge on any atom is -0.491 e. The van der Waals surface area contributed by atoms with Gasteiger partial charge in [-0.15, -0.1) is 0 Å². The molecule has 1 amide bonds. The fraction of sp³-hybridized carbons (Fsp3) is 0.214. The molecule has 2 aromatic rings. The molecular formula is C14H14Cl2N2O2. The maximum atomic E-state index is 12.0. The molecule has 1 aromatic heterocycles. The molecule has 2 N–H and O–H groups in total. The van der Waals surface area contributed by atoms with E-state index in [1.54, 1.807) is 12.1 Å². The molecule has 0 fully saturated rings. The average Bonchev–Trinajstić information content (AvgIpc) is 2.69. The fourth-order valence-electron chi connectivity index (χ4n) is 1.64. The number of benzene rings is 1. The number of carbonyl (C=O) groups excluding carboxylic acids is 1. The normalized spacial score (nSPS) is 10.7. The molecule has 0 atom stereocenters. The van der Waals surface area contributed by atoms with E-state index in [0.29, 0.717) is 22.2 Å². The van der Waals surface area contributed by atoms with Gasteiger partial charge in [-0.3, -0.25) is 4.79 Å². The molecule has 20 heavy (non-hydrogen) atoms. The summed E-state index contributed by atoms with van der Waals surface area (Å²) in [7, 11) is 0. The lowest BCUT2D eigenvalue weighted by Crippen LogP contribution is -2.12. The molecule has 0 radical (unpaired) electrons. The van der Waals surface area contributed by atoms with Crippen LogP contribution in [0.2, 0.25) is 10.2 Å². The quantitative estimate of drug-likeness (QED) is 0.881. The lowest BCUT2D eigenvalue weighted by Gasteiger charge is -2.11. The van der Waals surface area contributed by atoms with E-state index in [9.17, 15) is 4.79 Å². The van der Waals surface area contributed by atoms with Crippen molar-refractivity contribution in [2.75, 3.05) is 5.32 Å². The van der Waals surface area contributed by atoms with Crippen LogP contribution < -0.4 is 10.1 Å². The van der Waals surface area contributed by atoms with Crippen LogP contribution in [0, 0.1) is 0 Å². The van der Waals surface area contributed by atoms with Gasteiger partial charge in [-0.05, 0) is 32.0 Å². The minimum absolute atomic E-state index is 0.0713. The third kappa shape index (κ3) is 3.68. The number of halogens is 2. The van der Waals surface area contributed by atoms with Gasteiger partial charge < -0.3 is 15.0 Å². The Morgan fingerprint density at radius 1 is 1.30 bits per heavy atom. The number of H-pyrrole nitrogens is 1. The van der Waals surface area contributed by atoms with E-state index in [-0.39, 0.29) is 17.2 Å². The maximum absolute atomic E-state index is 12.0. The van der Waals surface area contributed by atoms with Crippen LogP contribution in [-0.2, 0) is 0 Å². The van der Waals surface area contributed by atoms with Crippen LogP contribution >= 0.6 is 23.2 Å². The van der Waals surface area contributed by atoms with Crippen molar-refractivity contribution in [1.82, 2.24) is 4.98 Å². The van der Waals surface area contributed by atoms with Crippen molar-refractivity contribution in [1.29, 1.82) is 0 Å². The third-order valence-corrected chi connectivity index (χ3v) is 3.13. The van der Waals surface area contributed by atoms with Gasteiger partial charge in [0, 0.05) is 11.8 Å². The van der Waals surface area contributed by atoms with Crippen molar-refractivity contribution < 1.29 is 9.53 Å². The maximum Gasteiger partial charge on any atom is 0.272 e. The van der Waals surface area contributed by atoms with Gasteiger partial charge in [-0.1, -0.05) is 29.3 Å². The Bertz CT molecular complexity index is 604. The van der Waals surface area contributed by atoms with E-state index in [0.717, 1.165) is 0 Å². The predicted octanol–water partition coefficient (Wildman–Crippen LogP) is 4.36. The Balaban J connectivity index is 2.11. The van der Waals surface area contributed by atoms with Gasteiger partial charge in [-0.25, -0.2) is 0 Å². The molecule has 1 aromatic carbocycles. The second-order valence-electron chi connectivity index (χ2n) is 4.49. The largest absolute Gasteiger partial charge is 0.491 e. The van der Waals surface area contributed by atoms with E-state index in [1.807, 2.05) is 26.0 Å². The van der Waals surface area contributed by atoms with Crippen LogP contribution in [-0.4, -0.2) is 17.0 Å². The molecular weight excluding hydrogens is 299 g/mol. The molecule has 0 aliphatic carbocycles. The molecule has 2 rings (SSSR count). The number of hydrogen-bond donors (Lipinski definition) is 2. The molecule has 1 heterocycles. The second-order valence-corrected chi connectivity index (χ2v) is 5.28. The first kappa shape index (κ1) is 14.8. The van der Waals surface area contributed by atoms with Gasteiger partial charge in [-0.2, -0.15) is 0 Å². The molecule has 0 saturated heterocycles. The smallest absolute Gasteiger partial charge is 0.272 e. The van der Waals surface area contributed by atoms with E-state index >= 15 is 0 Å². The lowest BCUT2D eigenvalue weighted by atomic mass is 10.3. The standard InChI is InChI=1S/C14H14Cl2N2O2/c1-8(2)20-10-5-3-4-9(6-10)17-14(19)12-7-11(15)13(16)18-12/h3-8,18H,1-2H3,(H,17,19). The summed E-state index contributed by atoms with van der Waals surface area (Å²) >= 11 is 11.6. The Morgan fingerprint density at radius 3 is 2.65 bits per heavy atom. The summed E-state index contributed by atoms with van der Waals surface area (Å²) in [6.07, 6.45) is 0.0713. The van der Waals surface area contributed by atoms with Crippen LogP contribution in [0.4, 0.5) is 5.69 Å². The zero-order chi connectivity index (χ0) is 14.7. The van der Waals surface area contributed by atoms with Gasteiger partial charge in [0.15, 0.2) is 0 Å². The average molecular weight is 313 g/mol. The van der Waals surface area contributed by atoms with Crippen molar-refractivity contribution >= 4 is 34.8 Å². The molecule has 4 nitrogen and oxygen atoms in total. The van der Waals surface area contributed by atoms with E-state index < -0.39 is 0 Å². The van der Waals surface area contributed by atoms with Gasteiger partial charge in [0.2, 0.25) is 0 Å². The summed E-state index contributed by atoms with van der Waals surface area (Å²) in [6, 6.07) is 8.65. The lowest BCUT2D eigenvalue weighted by molar-refractivity contribution is 0.102. The van der Waals surface area contributed by atoms with Crippen molar-refractivity contribution in [2.24, 2.45) is 0 Å². The molecule has 0 bridgehead atoms. The van der Waals surface area contributed by atoms with Crippen LogP contribution in [0.1, 0.15) is 24.3 Å². The van der Waals surface area contributed by atoms with Crippen molar-refractivity contribution in [3.8, 4) is 5.75 Å². The van der Waals surface area contributed by atoms with E-state index in [1.165, 1.54) is 6.07 Å². The zero-order valence-electron chi connectivity index (χ0n) is 11.0. The highest BCUT2D eigenvalue weighted by Crippen LogP contribution is 2.23. The zero-order valence-corrected chi connectivity index (χ0v) is 12.5. The summed E-state index contributed by atoms with van der Waals surface area (Å²) in [4.78, 5) is 14.7. The summed E-state index contributed by atoms with van der Waals surface area (Å²) in [5.41, 5.74) is 0.935. The summed E-state index contributed by atoms with van der Waals surface area (Å²) in [5, 5.41) is 3.30. The fourth-order valence-corrected chi connectivity index (χ4v) is 1.96. The van der Waals surface area contributed by atoms with Gasteiger partial charge in [0.05, 0.1) is 11.1 Å². The Labute approximate surface area is 127 Å². The molecule has 6 heteroatoms. The number of anilines is 1. The number of carbonyl (C=O) groups is 1. The van der Waals surface area contributed by atoms with Gasteiger partial charge >= 0.3 is 0 Å². The molecule has 0 aliphatic heterocycles. The second kappa shape index (κ2) is 6.20. The molecule has 0 unspecified atom stereocenters. The Morgan fingerprint density at radius 2 is 2.05 bits per heavy atom. The third-order valence-electron chi connectivity index (χ3n) is 2.43. The van der Waals surface area contributed by atoms with Crippen molar-refractivity contribution in [2.45, 2.75) is 20.0 Å². The minimum atomic E-state index is -0.319. The Kier molecular flexibility index (Phi) is 4.57. The van der Waals surface area contributed by atoms with Crippen molar-refractivity contribution in [3.63, 3.8) is 0 Å². The number of ether oxygens (including phenoxy) is 1. The summed E-state index contributed by atoms with van der Waals surface area (Å²) < 4.78 is 5.56. The van der Waals surface area contributed by atoms with Crippen LogP contribution in [0.5, 0.6) is 5.75 Å². The SMILES string of the molecule is CC(C)Oc1cccc(NC(=O)c2cc(Cl)c(Cl)[nH]2)c1. The highest BCUT2D eigenvalue weighted by molar-refractivity contribution is 6.41. The monoisotopic (exact) mass is 312 g/mol. The molecule has 0 saturated carbocycles. The number of aromatic nitrogens is 1. The Hall–Kier alpha value is -1.65. The summed E-state index contributed by atoms with van der Waals surface area (Å²) in [5.74, 6) is 0.376. The molecule has 0 spiro atoms. The highest BCUT2D eigenvalue weighted by atomic mass is 35.5. The van der Waals surface area contributed by atoms with Gasteiger partial charge in [0.1, 0.15) is 16.6 Å². The number of nitrogens with one attached hydrogen (secondary N) is 2. The number of hydrogen-bond acceptors (Lipinski definition) is 2. The number of rotatable bonds is 4. The molecule has 106 valence electrons. The predicted molar refractivity (Wildman–Crippen MR) is 81.0 cm³/mol. The van der Waals surface area contributed by atoms with Crippen molar-refractivity contribution in [3.05, 3.63) is 46.2 Å². The van der Waals surface area contributed by atoms with Crippen LogP contribution in [0.3, 0.4) is 0 Å². The first-order valence-corrected chi connectivity index (χ1v) is 6.83. The van der Waals surface area contributed by atoms with E-state index in [2.05, 4.69) is 10.3 Å². The molecule has 0 aliphatic rings. The highest BCUT2D eigenvalue weighted by Gasteiger charge is 2.12. The number of aromatic amines is 1. The van der Waals surface area contributed by atoms with Crippen LogP contribution in [0.25, 0.3) is 0 Å².